The number of aromatic nitrogens is 2. The lowest BCUT2D eigenvalue weighted by Gasteiger charge is -2.31. The summed E-state index contributed by atoms with van der Waals surface area (Å²) in [5, 5.41) is 10.4. The van der Waals surface area contributed by atoms with E-state index >= 15 is 0 Å². The molecule has 0 saturated heterocycles. The van der Waals surface area contributed by atoms with Gasteiger partial charge in [-0.15, -0.1) is 10.2 Å². The van der Waals surface area contributed by atoms with E-state index in [0.717, 1.165) is 17.1 Å². The first kappa shape index (κ1) is 18.6. The van der Waals surface area contributed by atoms with E-state index in [1.54, 1.807) is 13.8 Å². The molecule has 0 unspecified atom stereocenters. The second-order valence-corrected chi connectivity index (χ2v) is 8.32. The average Bonchev–Trinajstić information content (AvgIpc) is 2.96. The molecule has 26 heavy (non-hydrogen) atoms. The number of carbonyl (C=O) groups is 2. The summed E-state index contributed by atoms with van der Waals surface area (Å²) < 4.78 is 39.2. The molecule has 11 heteroatoms. The van der Waals surface area contributed by atoms with E-state index in [2.05, 4.69) is 15.5 Å². The molecule has 0 fully saturated rings. The summed E-state index contributed by atoms with van der Waals surface area (Å²) in [7, 11) is 0. The van der Waals surface area contributed by atoms with Crippen LogP contribution in [0.1, 0.15) is 17.5 Å². The van der Waals surface area contributed by atoms with Gasteiger partial charge in [0.05, 0.1) is 22.2 Å². The van der Waals surface area contributed by atoms with Crippen molar-refractivity contribution in [1.82, 2.24) is 10.2 Å². The van der Waals surface area contributed by atoms with Crippen molar-refractivity contribution in [2.45, 2.75) is 29.6 Å². The number of nitrogens with one attached hydrogen (secondary N) is 1. The Bertz CT molecular complexity index is 869. The monoisotopic (exact) mass is 402 g/mol. The molecule has 2 aromatic rings. The summed E-state index contributed by atoms with van der Waals surface area (Å²) in [6.07, 6.45) is -4.54. The molecule has 138 valence electrons. The molecule has 2 heterocycles. The Morgan fingerprint density at radius 2 is 2.12 bits per heavy atom. The first-order valence-corrected chi connectivity index (χ1v) is 9.14. The largest absolute Gasteiger partial charge is 0.416 e. The first-order chi connectivity index (χ1) is 12.1. The quantitative estimate of drug-likeness (QED) is 0.797. The highest BCUT2D eigenvalue weighted by Crippen LogP contribution is 2.38. The fourth-order valence-corrected chi connectivity index (χ4v) is 4.43. The van der Waals surface area contributed by atoms with Gasteiger partial charge in [0.15, 0.2) is 4.34 Å². The molecule has 1 atom stereocenters. The van der Waals surface area contributed by atoms with Crippen molar-refractivity contribution in [2.75, 3.05) is 16.8 Å². The van der Waals surface area contributed by atoms with Crippen LogP contribution in [0, 0.1) is 6.92 Å². The number of rotatable bonds is 3. The van der Waals surface area contributed by atoms with E-state index in [0.29, 0.717) is 4.34 Å². The molecular weight excluding hydrogens is 389 g/mol. The van der Waals surface area contributed by atoms with Crippen LogP contribution in [-0.4, -0.2) is 33.8 Å². The van der Waals surface area contributed by atoms with E-state index in [4.69, 9.17) is 0 Å². The molecule has 1 aromatic carbocycles. The van der Waals surface area contributed by atoms with Crippen molar-refractivity contribution >= 4 is 46.3 Å². The number of amides is 2. The number of carbonyl (C=O) groups excluding carboxylic acids is 2. The first-order valence-electron chi connectivity index (χ1n) is 7.44. The number of benzene rings is 1. The summed E-state index contributed by atoms with van der Waals surface area (Å²) in [4.78, 5) is 25.8. The number of anilines is 2. The molecule has 1 aromatic heterocycles. The molecule has 1 aliphatic rings. The number of halogens is 3. The van der Waals surface area contributed by atoms with E-state index in [9.17, 15) is 22.8 Å². The van der Waals surface area contributed by atoms with Crippen LogP contribution in [0.4, 0.5) is 24.5 Å². The molecule has 0 bridgehead atoms. The highest BCUT2D eigenvalue weighted by atomic mass is 32.2. The Morgan fingerprint density at radius 3 is 2.73 bits per heavy atom. The Morgan fingerprint density at radius 1 is 1.38 bits per heavy atom. The zero-order valence-electron chi connectivity index (χ0n) is 13.6. The Balaban J connectivity index is 1.86. The molecule has 3 rings (SSSR count). The zero-order valence-corrected chi connectivity index (χ0v) is 15.3. The smallest absolute Gasteiger partial charge is 0.323 e. The van der Waals surface area contributed by atoms with Gasteiger partial charge in [0, 0.05) is 0 Å². The molecule has 2 amide bonds. The molecule has 1 aliphatic heterocycles. The summed E-state index contributed by atoms with van der Waals surface area (Å²) in [6.45, 7) is 3.19. The van der Waals surface area contributed by atoms with Gasteiger partial charge in [0.1, 0.15) is 11.6 Å². The fraction of sp³-hybridized carbons (Fsp3) is 0.333. The average molecular weight is 402 g/mol. The van der Waals surface area contributed by atoms with Crippen LogP contribution in [-0.2, 0) is 15.8 Å². The van der Waals surface area contributed by atoms with Crippen LogP contribution in [0.15, 0.2) is 22.5 Å². The van der Waals surface area contributed by atoms with Crippen LogP contribution in [0.3, 0.4) is 0 Å². The summed E-state index contributed by atoms with van der Waals surface area (Å²) in [5.74, 6) is -0.937. The van der Waals surface area contributed by atoms with E-state index in [1.165, 1.54) is 34.1 Å². The number of aryl methyl sites for hydroxylation is 1. The fourth-order valence-electron chi connectivity index (χ4n) is 2.41. The van der Waals surface area contributed by atoms with Gasteiger partial charge in [-0.2, -0.15) is 13.2 Å². The van der Waals surface area contributed by atoms with E-state index in [-0.39, 0.29) is 17.9 Å². The van der Waals surface area contributed by atoms with Gasteiger partial charge < -0.3 is 5.32 Å². The van der Waals surface area contributed by atoms with Crippen molar-refractivity contribution in [1.29, 1.82) is 0 Å². The normalized spacial score (nSPS) is 15.4. The van der Waals surface area contributed by atoms with Gasteiger partial charge in [-0.25, -0.2) is 0 Å². The van der Waals surface area contributed by atoms with Crippen molar-refractivity contribution in [3.63, 3.8) is 0 Å². The Labute approximate surface area is 154 Å². The minimum atomic E-state index is -4.54. The van der Waals surface area contributed by atoms with Crippen molar-refractivity contribution < 1.29 is 22.8 Å². The molecule has 0 spiro atoms. The predicted octanol–water partition coefficient (Wildman–Crippen LogP) is 3.33. The van der Waals surface area contributed by atoms with Crippen LogP contribution >= 0.6 is 23.1 Å². The minimum Gasteiger partial charge on any atom is -0.323 e. The SMILES string of the molecule is Cc1nnc(S[C@H](C)C(=O)N2CC(=O)Nc3cc(C(F)(F)F)ccc32)s1. The van der Waals surface area contributed by atoms with Crippen molar-refractivity contribution in [3.8, 4) is 0 Å². The number of thioether (sulfide) groups is 1. The van der Waals surface area contributed by atoms with Gasteiger partial charge in [0.25, 0.3) is 0 Å². The summed E-state index contributed by atoms with van der Waals surface area (Å²) in [5.41, 5.74) is -0.686. The topological polar surface area (TPSA) is 75.2 Å². The number of fused-ring (bicyclic) bond motifs is 1. The second-order valence-electron chi connectivity index (χ2n) is 5.55. The third kappa shape index (κ3) is 3.83. The summed E-state index contributed by atoms with van der Waals surface area (Å²) in [6, 6.07) is 2.92. The van der Waals surface area contributed by atoms with Gasteiger partial charge in [-0.3, -0.25) is 14.5 Å². The minimum absolute atomic E-state index is 0.0339. The lowest BCUT2D eigenvalue weighted by Crippen LogP contribution is -2.45. The maximum absolute atomic E-state index is 12.9. The Kier molecular flexibility index (Phi) is 4.93. The number of alkyl halides is 3. The van der Waals surface area contributed by atoms with Gasteiger partial charge in [-0.1, -0.05) is 23.1 Å². The molecule has 6 nitrogen and oxygen atoms in total. The standard InChI is InChI=1S/C15H13F3N4O2S2/c1-7(25-14-21-20-8(2)26-14)13(24)22-6-12(23)19-10-5-9(15(16,17)18)3-4-11(10)22/h3-5,7H,6H2,1-2H3,(H,19,23)/t7-/m1/s1. The lowest BCUT2D eigenvalue weighted by atomic mass is 10.1. The number of nitrogens with zero attached hydrogens (tertiary/aromatic N) is 3. The number of hydrogen-bond acceptors (Lipinski definition) is 6. The Hall–Kier alpha value is -2.14. The maximum atomic E-state index is 12.9. The van der Waals surface area contributed by atoms with E-state index < -0.39 is 28.8 Å². The van der Waals surface area contributed by atoms with Crippen LogP contribution in [0.5, 0.6) is 0 Å². The number of hydrogen-bond donors (Lipinski definition) is 1. The second kappa shape index (κ2) is 6.88. The van der Waals surface area contributed by atoms with Gasteiger partial charge in [0.2, 0.25) is 11.8 Å². The van der Waals surface area contributed by atoms with Crippen molar-refractivity contribution in [3.05, 3.63) is 28.8 Å². The van der Waals surface area contributed by atoms with Gasteiger partial charge in [-0.05, 0) is 32.0 Å². The highest BCUT2D eigenvalue weighted by Gasteiger charge is 2.35. The summed E-state index contributed by atoms with van der Waals surface area (Å²) >= 11 is 2.53. The molecule has 1 N–H and O–H groups in total. The molecule has 0 radical (unpaired) electrons. The van der Waals surface area contributed by atoms with E-state index in [1.807, 2.05) is 0 Å². The highest BCUT2D eigenvalue weighted by molar-refractivity contribution is 8.02. The van der Waals surface area contributed by atoms with Crippen molar-refractivity contribution in [2.24, 2.45) is 0 Å². The van der Waals surface area contributed by atoms with Crippen LogP contribution in [0.2, 0.25) is 0 Å². The molecular formula is C15H13F3N4O2S2. The van der Waals surface area contributed by atoms with Gasteiger partial charge >= 0.3 is 6.18 Å². The molecule has 0 aliphatic carbocycles. The van der Waals surface area contributed by atoms with Crippen LogP contribution < -0.4 is 10.2 Å². The predicted molar refractivity (Wildman–Crippen MR) is 92.4 cm³/mol. The maximum Gasteiger partial charge on any atom is 0.416 e. The third-order valence-electron chi connectivity index (χ3n) is 3.59. The lowest BCUT2D eigenvalue weighted by molar-refractivity contribution is -0.137. The third-order valence-corrected chi connectivity index (χ3v) is 5.60. The zero-order chi connectivity index (χ0) is 19.1. The molecule has 0 saturated carbocycles. The van der Waals surface area contributed by atoms with Crippen LogP contribution in [0.25, 0.3) is 0 Å².